The summed E-state index contributed by atoms with van der Waals surface area (Å²) in [7, 11) is 0. The monoisotopic (exact) mass is 502 g/mol. The van der Waals surface area contributed by atoms with Gasteiger partial charge in [0.15, 0.2) is 5.58 Å². The van der Waals surface area contributed by atoms with Crippen LogP contribution in [-0.4, -0.2) is 19.5 Å². The number of hydrogen-bond acceptors (Lipinski definition) is 5. The molecule has 6 heteroatoms. The zero-order chi connectivity index (χ0) is 25.5. The first-order valence-electron chi connectivity index (χ1n) is 12.8. The van der Waals surface area contributed by atoms with Crippen molar-refractivity contribution in [1.82, 2.24) is 19.5 Å². The van der Waals surface area contributed by atoms with Gasteiger partial charge in [0.25, 0.3) is 0 Å². The highest BCUT2D eigenvalue weighted by atomic mass is 16.3. The van der Waals surface area contributed by atoms with Crippen LogP contribution in [0.2, 0.25) is 0 Å². The first-order valence-corrected chi connectivity index (χ1v) is 12.8. The lowest BCUT2D eigenvalue weighted by Gasteiger charge is -2.07. The summed E-state index contributed by atoms with van der Waals surface area (Å²) in [4.78, 5) is 14.0. The first-order chi connectivity index (χ1) is 19.3. The predicted octanol–water partition coefficient (Wildman–Crippen LogP) is 8.43. The molecule has 0 bridgehead atoms. The van der Waals surface area contributed by atoms with E-state index in [1.807, 2.05) is 54.9 Å². The van der Waals surface area contributed by atoms with Crippen LogP contribution in [0.25, 0.3) is 82.9 Å². The van der Waals surface area contributed by atoms with Gasteiger partial charge in [-0.2, -0.15) is 0 Å². The van der Waals surface area contributed by atoms with Crippen LogP contribution in [0, 0.1) is 0 Å². The van der Waals surface area contributed by atoms with E-state index in [-0.39, 0.29) is 0 Å². The van der Waals surface area contributed by atoms with Crippen LogP contribution in [-0.2, 0) is 0 Å². The van der Waals surface area contributed by atoms with E-state index < -0.39 is 0 Å². The summed E-state index contributed by atoms with van der Waals surface area (Å²) in [6, 6.07) is 30.8. The van der Waals surface area contributed by atoms with Crippen molar-refractivity contribution in [1.29, 1.82) is 0 Å². The second-order valence-electron chi connectivity index (χ2n) is 9.68. The zero-order valence-corrected chi connectivity index (χ0v) is 20.5. The van der Waals surface area contributed by atoms with Crippen LogP contribution < -0.4 is 0 Å². The largest absolute Gasteiger partial charge is 0.454 e. The van der Waals surface area contributed by atoms with Crippen molar-refractivity contribution in [3.05, 3.63) is 110 Å². The minimum absolute atomic E-state index is 0.608. The molecule has 0 spiro atoms. The molecule has 6 heterocycles. The normalized spacial score (nSPS) is 12.1. The SMILES string of the molecule is c1ccc2c(c1)oc1nccc(-c3ccnc4c3oc3ccc(-n5c6ccccc6c6ncccc65)cc34)c12. The maximum Gasteiger partial charge on any atom is 0.227 e. The minimum Gasteiger partial charge on any atom is -0.454 e. The fourth-order valence-electron chi connectivity index (χ4n) is 5.93. The molecule has 6 nitrogen and oxygen atoms in total. The van der Waals surface area contributed by atoms with E-state index >= 15 is 0 Å². The average Bonchev–Trinajstić information content (AvgIpc) is 3.66. The molecule has 0 aliphatic carbocycles. The highest BCUT2D eigenvalue weighted by Crippen LogP contribution is 2.41. The Morgan fingerprint density at radius 1 is 0.538 bits per heavy atom. The Morgan fingerprint density at radius 2 is 1.31 bits per heavy atom. The number of rotatable bonds is 2. The Labute approximate surface area is 220 Å². The van der Waals surface area contributed by atoms with Gasteiger partial charge in [0.2, 0.25) is 5.71 Å². The molecule has 9 rings (SSSR count). The fraction of sp³-hybridized carbons (Fsp3) is 0. The van der Waals surface area contributed by atoms with Crippen LogP contribution in [0.3, 0.4) is 0 Å². The van der Waals surface area contributed by atoms with Crippen molar-refractivity contribution >= 4 is 66.1 Å². The molecule has 0 saturated carbocycles. The molecule has 0 amide bonds. The van der Waals surface area contributed by atoms with Crippen LogP contribution in [0.4, 0.5) is 0 Å². The lowest BCUT2D eigenvalue weighted by atomic mass is 10.0. The third kappa shape index (κ3) is 2.77. The molecular weight excluding hydrogens is 484 g/mol. The molecule has 39 heavy (non-hydrogen) atoms. The van der Waals surface area contributed by atoms with Gasteiger partial charge >= 0.3 is 0 Å². The maximum absolute atomic E-state index is 6.49. The lowest BCUT2D eigenvalue weighted by molar-refractivity contribution is 0.654. The van der Waals surface area contributed by atoms with Crippen molar-refractivity contribution < 1.29 is 8.83 Å². The van der Waals surface area contributed by atoms with Crippen molar-refractivity contribution in [2.45, 2.75) is 0 Å². The van der Waals surface area contributed by atoms with Gasteiger partial charge in [-0.15, -0.1) is 0 Å². The number of fused-ring (bicyclic) bond motifs is 9. The van der Waals surface area contributed by atoms with E-state index in [2.05, 4.69) is 63.1 Å². The van der Waals surface area contributed by atoms with Gasteiger partial charge in [-0.25, -0.2) is 4.98 Å². The second kappa shape index (κ2) is 7.52. The van der Waals surface area contributed by atoms with Crippen molar-refractivity contribution in [2.24, 2.45) is 0 Å². The van der Waals surface area contributed by atoms with Gasteiger partial charge in [0, 0.05) is 51.6 Å². The predicted molar refractivity (Wildman–Crippen MR) is 154 cm³/mol. The molecule has 9 aromatic rings. The highest BCUT2D eigenvalue weighted by molar-refractivity contribution is 6.16. The summed E-state index contributed by atoms with van der Waals surface area (Å²) in [6.07, 6.45) is 5.47. The molecule has 3 aromatic carbocycles. The molecule has 0 aliphatic rings. The van der Waals surface area contributed by atoms with E-state index in [4.69, 9.17) is 13.8 Å². The van der Waals surface area contributed by atoms with Gasteiger partial charge < -0.3 is 13.4 Å². The van der Waals surface area contributed by atoms with Gasteiger partial charge in [-0.1, -0.05) is 36.4 Å². The average molecular weight is 503 g/mol. The Bertz CT molecular complexity index is 2360. The minimum atomic E-state index is 0.608. The van der Waals surface area contributed by atoms with Crippen molar-refractivity contribution in [3.63, 3.8) is 0 Å². The standard InChI is InChI=1S/C33H18N4O2/c1-3-8-25-22(6-1)30-26(9-5-15-34-30)37(25)19-11-12-28-24(18-19)31-32(38-28)21(14-16-35-31)20-13-17-36-33-29(20)23-7-2-4-10-27(23)39-33/h1-18H. The molecule has 0 aliphatic heterocycles. The Balaban J connectivity index is 1.32. The number of nitrogens with zero attached hydrogens (tertiary/aromatic N) is 4. The summed E-state index contributed by atoms with van der Waals surface area (Å²) < 4.78 is 14.8. The van der Waals surface area contributed by atoms with E-state index in [0.717, 1.165) is 77.2 Å². The van der Waals surface area contributed by atoms with Gasteiger partial charge in [0.05, 0.1) is 21.9 Å². The van der Waals surface area contributed by atoms with Gasteiger partial charge in [-0.3, -0.25) is 9.97 Å². The summed E-state index contributed by atoms with van der Waals surface area (Å²) in [5.41, 5.74) is 9.92. The molecule has 0 N–H and O–H groups in total. The second-order valence-corrected chi connectivity index (χ2v) is 9.68. The Morgan fingerprint density at radius 3 is 2.28 bits per heavy atom. The summed E-state index contributed by atoms with van der Waals surface area (Å²) in [5.74, 6) is 0. The molecule has 182 valence electrons. The van der Waals surface area contributed by atoms with Crippen LogP contribution in [0.5, 0.6) is 0 Å². The molecule has 6 aromatic heterocycles. The third-order valence-corrected chi connectivity index (χ3v) is 7.59. The number of hydrogen-bond donors (Lipinski definition) is 0. The van der Waals surface area contributed by atoms with Gasteiger partial charge in [0.1, 0.15) is 16.7 Å². The Kier molecular flexibility index (Phi) is 3.96. The molecule has 0 atom stereocenters. The van der Waals surface area contributed by atoms with Crippen LogP contribution in [0.1, 0.15) is 0 Å². The molecule has 0 radical (unpaired) electrons. The van der Waals surface area contributed by atoms with Crippen molar-refractivity contribution in [2.75, 3.05) is 0 Å². The third-order valence-electron chi connectivity index (χ3n) is 7.59. The number of furan rings is 2. The molecule has 0 saturated heterocycles. The van der Waals surface area contributed by atoms with E-state index in [1.54, 1.807) is 6.20 Å². The number of para-hydroxylation sites is 2. The van der Waals surface area contributed by atoms with Crippen LogP contribution in [0.15, 0.2) is 118 Å². The number of pyridine rings is 3. The number of aromatic nitrogens is 4. The van der Waals surface area contributed by atoms with Crippen molar-refractivity contribution in [3.8, 4) is 16.8 Å². The zero-order valence-electron chi connectivity index (χ0n) is 20.5. The fourth-order valence-corrected chi connectivity index (χ4v) is 5.93. The summed E-state index contributed by atoms with van der Waals surface area (Å²) in [5, 5.41) is 4.08. The quantitative estimate of drug-likeness (QED) is 0.237. The van der Waals surface area contributed by atoms with Crippen LogP contribution >= 0.6 is 0 Å². The smallest absolute Gasteiger partial charge is 0.227 e. The lowest BCUT2D eigenvalue weighted by Crippen LogP contribution is -1.93. The highest BCUT2D eigenvalue weighted by Gasteiger charge is 2.20. The van der Waals surface area contributed by atoms with E-state index in [0.29, 0.717) is 5.71 Å². The van der Waals surface area contributed by atoms with E-state index in [9.17, 15) is 0 Å². The summed E-state index contributed by atoms with van der Waals surface area (Å²) >= 11 is 0. The molecule has 0 unspecified atom stereocenters. The van der Waals surface area contributed by atoms with Gasteiger partial charge in [-0.05, 0) is 54.6 Å². The topological polar surface area (TPSA) is 69.9 Å². The first kappa shape index (κ1) is 20.6. The molecule has 0 fully saturated rings. The molecular formula is C33H18N4O2. The number of benzene rings is 3. The Hall–Kier alpha value is -5.49. The van der Waals surface area contributed by atoms with E-state index in [1.165, 1.54) is 0 Å². The maximum atomic E-state index is 6.49. The summed E-state index contributed by atoms with van der Waals surface area (Å²) in [6.45, 7) is 0.